The summed E-state index contributed by atoms with van der Waals surface area (Å²) in [5.41, 5.74) is 1.73. The molecular formula is C13H20S. The zero-order valence-electron chi connectivity index (χ0n) is 9.58. The second kappa shape index (κ2) is 4.88. The summed E-state index contributed by atoms with van der Waals surface area (Å²) in [6.07, 6.45) is 14.3. The summed E-state index contributed by atoms with van der Waals surface area (Å²) in [5, 5.41) is 0.650. The molecule has 1 aliphatic rings. The number of hydrogen-bond acceptors (Lipinski definition) is 1. The molecule has 78 valence electrons. The molecule has 0 amide bonds. The monoisotopic (exact) mass is 208 g/mol. The van der Waals surface area contributed by atoms with E-state index in [-0.39, 0.29) is 5.41 Å². The van der Waals surface area contributed by atoms with Crippen LogP contribution in [0.3, 0.4) is 0 Å². The molecule has 0 nitrogen and oxygen atoms in total. The Balaban J connectivity index is 2.86. The summed E-state index contributed by atoms with van der Waals surface area (Å²) in [7, 11) is 0. The SMILES string of the molecule is CSC(C)C(C)(C)C1=CCC=CC=C1. The number of hydrogen-bond donors (Lipinski definition) is 0. The lowest BCUT2D eigenvalue weighted by molar-refractivity contribution is 0.453. The number of allylic oxidation sites excluding steroid dienone is 6. The van der Waals surface area contributed by atoms with Crippen molar-refractivity contribution in [2.75, 3.05) is 6.26 Å². The van der Waals surface area contributed by atoms with Crippen LogP contribution in [0, 0.1) is 5.41 Å². The number of thioether (sulfide) groups is 1. The molecule has 0 bridgehead atoms. The van der Waals surface area contributed by atoms with Crippen molar-refractivity contribution in [1.29, 1.82) is 0 Å². The Hall–Kier alpha value is -0.430. The lowest BCUT2D eigenvalue weighted by Crippen LogP contribution is -2.25. The molecule has 0 N–H and O–H groups in total. The molecule has 0 saturated carbocycles. The summed E-state index contributed by atoms with van der Waals surface area (Å²) in [5.74, 6) is 0. The Morgan fingerprint density at radius 1 is 1.36 bits per heavy atom. The average molecular weight is 208 g/mol. The molecule has 0 spiro atoms. The van der Waals surface area contributed by atoms with Crippen LogP contribution < -0.4 is 0 Å². The highest BCUT2D eigenvalue weighted by atomic mass is 32.2. The first kappa shape index (κ1) is 11.6. The Kier molecular flexibility index (Phi) is 4.06. The van der Waals surface area contributed by atoms with Crippen LogP contribution in [0.4, 0.5) is 0 Å². The molecule has 0 aromatic rings. The third kappa shape index (κ3) is 2.54. The van der Waals surface area contributed by atoms with Gasteiger partial charge >= 0.3 is 0 Å². The van der Waals surface area contributed by atoms with Gasteiger partial charge in [-0.2, -0.15) is 11.8 Å². The van der Waals surface area contributed by atoms with E-state index in [4.69, 9.17) is 0 Å². The normalized spacial score (nSPS) is 19.0. The highest BCUT2D eigenvalue weighted by Crippen LogP contribution is 2.37. The van der Waals surface area contributed by atoms with Crippen LogP contribution in [0.2, 0.25) is 0 Å². The van der Waals surface area contributed by atoms with E-state index in [1.807, 2.05) is 11.8 Å². The van der Waals surface area contributed by atoms with E-state index >= 15 is 0 Å². The van der Waals surface area contributed by atoms with Gasteiger partial charge in [0.15, 0.2) is 0 Å². The standard InChI is InChI=1S/C13H20S/c1-11(14-4)13(2,3)12-9-7-5-6-8-10-12/h5-7,9-11H,8H2,1-4H3. The summed E-state index contributed by atoms with van der Waals surface area (Å²) in [6, 6.07) is 0. The van der Waals surface area contributed by atoms with Gasteiger partial charge in [0.25, 0.3) is 0 Å². The van der Waals surface area contributed by atoms with Crippen molar-refractivity contribution in [3.8, 4) is 0 Å². The predicted molar refractivity (Wildman–Crippen MR) is 67.7 cm³/mol. The zero-order chi connectivity index (χ0) is 10.6. The van der Waals surface area contributed by atoms with E-state index in [0.29, 0.717) is 5.25 Å². The van der Waals surface area contributed by atoms with Crippen molar-refractivity contribution in [3.63, 3.8) is 0 Å². The van der Waals surface area contributed by atoms with Gasteiger partial charge in [-0.3, -0.25) is 0 Å². The molecule has 0 aromatic carbocycles. The van der Waals surface area contributed by atoms with E-state index in [0.717, 1.165) is 6.42 Å². The molecule has 0 radical (unpaired) electrons. The molecule has 0 saturated heterocycles. The van der Waals surface area contributed by atoms with E-state index in [2.05, 4.69) is 57.4 Å². The van der Waals surface area contributed by atoms with Gasteiger partial charge < -0.3 is 0 Å². The first-order valence-corrected chi connectivity index (χ1v) is 6.44. The molecule has 14 heavy (non-hydrogen) atoms. The van der Waals surface area contributed by atoms with Crippen molar-refractivity contribution in [1.82, 2.24) is 0 Å². The average Bonchev–Trinajstić information content (AvgIpc) is 2.44. The summed E-state index contributed by atoms with van der Waals surface area (Å²) in [4.78, 5) is 0. The van der Waals surface area contributed by atoms with Crippen molar-refractivity contribution in [2.45, 2.75) is 32.4 Å². The van der Waals surface area contributed by atoms with Gasteiger partial charge in [0.2, 0.25) is 0 Å². The summed E-state index contributed by atoms with van der Waals surface area (Å²) < 4.78 is 0. The summed E-state index contributed by atoms with van der Waals surface area (Å²) in [6.45, 7) is 6.96. The Labute approximate surface area is 92.2 Å². The smallest absolute Gasteiger partial charge is 0.0107 e. The van der Waals surface area contributed by atoms with Gasteiger partial charge in [-0.1, -0.05) is 51.2 Å². The number of rotatable bonds is 3. The fraction of sp³-hybridized carbons (Fsp3) is 0.538. The lowest BCUT2D eigenvalue weighted by atomic mass is 9.80. The van der Waals surface area contributed by atoms with Crippen molar-refractivity contribution in [3.05, 3.63) is 36.0 Å². The van der Waals surface area contributed by atoms with Crippen LogP contribution in [0.15, 0.2) is 36.0 Å². The van der Waals surface area contributed by atoms with Gasteiger partial charge in [-0.05, 0) is 18.2 Å². The second-order valence-corrected chi connectivity index (χ2v) is 5.46. The van der Waals surface area contributed by atoms with Gasteiger partial charge in [-0.25, -0.2) is 0 Å². The van der Waals surface area contributed by atoms with E-state index in [1.54, 1.807) is 0 Å². The molecule has 1 unspecified atom stereocenters. The third-order valence-corrected chi connectivity index (χ3v) is 4.41. The minimum absolute atomic E-state index is 0.266. The predicted octanol–water partition coefficient (Wildman–Crippen LogP) is 4.21. The van der Waals surface area contributed by atoms with Crippen molar-refractivity contribution < 1.29 is 0 Å². The molecule has 1 rings (SSSR count). The maximum absolute atomic E-state index is 2.34. The van der Waals surface area contributed by atoms with E-state index < -0.39 is 0 Å². The highest BCUT2D eigenvalue weighted by molar-refractivity contribution is 7.99. The Morgan fingerprint density at radius 2 is 2.07 bits per heavy atom. The topological polar surface area (TPSA) is 0 Å². The van der Waals surface area contributed by atoms with Gasteiger partial charge in [0.05, 0.1) is 0 Å². The molecule has 1 atom stereocenters. The molecule has 1 aliphatic carbocycles. The maximum atomic E-state index is 2.34. The van der Waals surface area contributed by atoms with Crippen LogP contribution in [-0.2, 0) is 0 Å². The van der Waals surface area contributed by atoms with Gasteiger partial charge in [0, 0.05) is 10.7 Å². The maximum Gasteiger partial charge on any atom is 0.0107 e. The first-order valence-electron chi connectivity index (χ1n) is 5.15. The van der Waals surface area contributed by atoms with Crippen LogP contribution in [-0.4, -0.2) is 11.5 Å². The minimum Gasteiger partial charge on any atom is -0.161 e. The van der Waals surface area contributed by atoms with Crippen LogP contribution >= 0.6 is 11.8 Å². The van der Waals surface area contributed by atoms with Crippen molar-refractivity contribution >= 4 is 11.8 Å². The fourth-order valence-electron chi connectivity index (χ4n) is 1.59. The molecular weight excluding hydrogens is 188 g/mol. The van der Waals surface area contributed by atoms with Gasteiger partial charge in [0.1, 0.15) is 0 Å². The van der Waals surface area contributed by atoms with E-state index in [9.17, 15) is 0 Å². The van der Waals surface area contributed by atoms with Gasteiger partial charge in [-0.15, -0.1) is 0 Å². The van der Waals surface area contributed by atoms with Crippen molar-refractivity contribution in [2.24, 2.45) is 5.41 Å². The quantitative estimate of drug-likeness (QED) is 0.669. The Bertz CT molecular complexity index is 269. The largest absolute Gasteiger partial charge is 0.161 e. The third-order valence-electron chi connectivity index (χ3n) is 3.11. The first-order chi connectivity index (χ1) is 6.59. The second-order valence-electron chi connectivity index (χ2n) is 4.28. The van der Waals surface area contributed by atoms with Crippen LogP contribution in [0.1, 0.15) is 27.2 Å². The molecule has 0 heterocycles. The fourth-order valence-corrected chi connectivity index (χ4v) is 2.31. The van der Waals surface area contributed by atoms with E-state index in [1.165, 1.54) is 5.57 Å². The zero-order valence-corrected chi connectivity index (χ0v) is 10.4. The molecule has 0 aliphatic heterocycles. The molecule has 0 aromatic heterocycles. The molecule has 0 fully saturated rings. The highest BCUT2D eigenvalue weighted by Gasteiger charge is 2.27. The van der Waals surface area contributed by atoms with Crippen LogP contribution in [0.5, 0.6) is 0 Å². The lowest BCUT2D eigenvalue weighted by Gasteiger charge is -2.32. The summed E-state index contributed by atoms with van der Waals surface area (Å²) >= 11 is 1.94. The van der Waals surface area contributed by atoms with Crippen LogP contribution in [0.25, 0.3) is 0 Å². The molecule has 1 heteroatoms. The Morgan fingerprint density at radius 3 is 2.71 bits per heavy atom. The minimum atomic E-state index is 0.266.